The predicted molar refractivity (Wildman–Crippen MR) is 95.6 cm³/mol. The Morgan fingerprint density at radius 3 is 2.52 bits per heavy atom. The van der Waals surface area contributed by atoms with Gasteiger partial charge in [-0.05, 0) is 23.8 Å². The molecule has 3 fully saturated rings. The minimum atomic E-state index is -1.56. The lowest BCUT2D eigenvalue weighted by molar-refractivity contribution is -0.171. The highest BCUT2D eigenvalue weighted by molar-refractivity contribution is 6.00. The number of aliphatic hydroxyl groups is 3. The van der Waals surface area contributed by atoms with Gasteiger partial charge in [0.1, 0.15) is 12.2 Å². The Kier molecular flexibility index (Phi) is 4.63. The van der Waals surface area contributed by atoms with Crippen molar-refractivity contribution in [2.24, 2.45) is 23.2 Å². The first-order valence-corrected chi connectivity index (χ1v) is 9.48. The lowest BCUT2D eigenvalue weighted by Gasteiger charge is -2.38. The van der Waals surface area contributed by atoms with Gasteiger partial charge < -0.3 is 24.8 Å². The lowest BCUT2D eigenvalue weighted by Crippen LogP contribution is -2.58. The second kappa shape index (κ2) is 6.11. The van der Waals surface area contributed by atoms with E-state index < -0.39 is 59.2 Å². The highest BCUT2D eigenvalue weighted by Crippen LogP contribution is 2.72. The summed E-state index contributed by atoms with van der Waals surface area (Å²) < 4.78 is 11.8. The monoisotopic (exact) mass is 382 g/mol. The normalized spacial score (nSPS) is 43.1. The van der Waals surface area contributed by atoms with Gasteiger partial charge in [0.2, 0.25) is 5.78 Å². The molecule has 7 heteroatoms. The van der Waals surface area contributed by atoms with Crippen LogP contribution >= 0.6 is 0 Å². The number of aliphatic hydroxyl groups excluding tert-OH is 3. The maximum absolute atomic E-state index is 13.0. The Morgan fingerprint density at radius 1 is 1.41 bits per heavy atom. The average molecular weight is 382 g/mol. The summed E-state index contributed by atoms with van der Waals surface area (Å²) in [4.78, 5) is 25.5. The van der Waals surface area contributed by atoms with Crippen LogP contribution in [0.2, 0.25) is 0 Å². The second-order valence-corrected chi connectivity index (χ2v) is 9.31. The average Bonchev–Trinajstić information content (AvgIpc) is 3.26. The highest BCUT2D eigenvalue weighted by Gasteiger charge is 2.89. The summed E-state index contributed by atoms with van der Waals surface area (Å²) in [5, 5.41) is 30.3. The van der Waals surface area contributed by atoms with Gasteiger partial charge in [0.15, 0.2) is 17.3 Å². The zero-order valence-corrected chi connectivity index (χ0v) is 16.6. The molecule has 7 nitrogen and oxygen atoms in total. The molecule has 2 saturated carbocycles. The Balaban J connectivity index is 2.06. The molecule has 7 atom stereocenters. The molecule has 0 radical (unpaired) electrons. The summed E-state index contributed by atoms with van der Waals surface area (Å²) in [6.45, 7) is 12.4. The van der Waals surface area contributed by atoms with Crippen LogP contribution in [0.5, 0.6) is 0 Å². The van der Waals surface area contributed by atoms with Crippen molar-refractivity contribution in [3.05, 3.63) is 12.2 Å². The number of epoxide rings is 1. The summed E-state index contributed by atoms with van der Waals surface area (Å²) in [6, 6.07) is 0. The minimum absolute atomic E-state index is 0.159. The standard InChI is InChI=1S/C20H30O7/c1-9(2)13(22)16(25)26-17-18(5,6)7-12-11(4)14(23)15(24)19(10(3)8-21)20(12,17)27-19/h9,11-14,17,21-23H,3,7-8H2,1-2,4-6H3/t11-,12+,13+,14-,17-,19+,20+/m0/s1. The van der Waals surface area contributed by atoms with E-state index in [1.807, 2.05) is 13.8 Å². The van der Waals surface area contributed by atoms with Crippen LogP contribution in [0.25, 0.3) is 0 Å². The van der Waals surface area contributed by atoms with Crippen LogP contribution in [-0.4, -0.2) is 63.2 Å². The molecular formula is C20H30O7. The first-order chi connectivity index (χ1) is 12.4. The molecule has 0 aromatic rings. The van der Waals surface area contributed by atoms with Crippen LogP contribution in [0.1, 0.15) is 41.0 Å². The SMILES string of the molecule is C=C(CO)[C@]12O[C@@]13[C@H](CC(C)(C)[C@@H]3OC(=O)[C@H](O)C(C)C)[C@H](C)[C@H](O)C2=O. The maximum Gasteiger partial charge on any atom is 0.335 e. The van der Waals surface area contributed by atoms with Crippen molar-refractivity contribution in [1.82, 2.24) is 0 Å². The van der Waals surface area contributed by atoms with Crippen molar-refractivity contribution in [1.29, 1.82) is 0 Å². The van der Waals surface area contributed by atoms with Crippen LogP contribution in [0, 0.1) is 23.2 Å². The number of ether oxygens (including phenoxy) is 2. The van der Waals surface area contributed by atoms with E-state index in [1.165, 1.54) is 0 Å². The molecular weight excluding hydrogens is 352 g/mol. The third-order valence-corrected chi connectivity index (χ3v) is 6.77. The van der Waals surface area contributed by atoms with Gasteiger partial charge in [0, 0.05) is 11.3 Å². The summed E-state index contributed by atoms with van der Waals surface area (Å²) in [6.07, 6.45) is -2.76. The van der Waals surface area contributed by atoms with E-state index in [1.54, 1.807) is 20.8 Å². The number of carbonyl (C=O) groups excluding carboxylic acids is 2. The predicted octanol–water partition coefficient (Wildman–Crippen LogP) is 0.597. The van der Waals surface area contributed by atoms with Gasteiger partial charge >= 0.3 is 5.97 Å². The van der Waals surface area contributed by atoms with Crippen LogP contribution < -0.4 is 0 Å². The fraction of sp³-hybridized carbons (Fsp3) is 0.800. The number of carbonyl (C=O) groups is 2. The van der Waals surface area contributed by atoms with E-state index >= 15 is 0 Å². The van der Waals surface area contributed by atoms with E-state index in [-0.39, 0.29) is 17.4 Å². The molecule has 3 N–H and O–H groups in total. The number of rotatable bonds is 5. The summed E-state index contributed by atoms with van der Waals surface area (Å²) in [5.41, 5.74) is -3.11. The molecule has 0 aromatic carbocycles. The zero-order chi connectivity index (χ0) is 20.5. The van der Waals surface area contributed by atoms with Crippen molar-refractivity contribution in [2.45, 2.75) is 70.6 Å². The molecule has 3 aliphatic rings. The third-order valence-electron chi connectivity index (χ3n) is 6.77. The molecule has 1 saturated heterocycles. The van der Waals surface area contributed by atoms with E-state index in [0.717, 1.165) is 0 Å². The van der Waals surface area contributed by atoms with Gasteiger partial charge in [0.25, 0.3) is 0 Å². The Labute approximate surface area is 159 Å². The Hall–Kier alpha value is -1.28. The number of ketones is 1. The van der Waals surface area contributed by atoms with Crippen molar-refractivity contribution in [2.75, 3.05) is 6.61 Å². The van der Waals surface area contributed by atoms with Gasteiger partial charge in [-0.3, -0.25) is 4.79 Å². The lowest BCUT2D eigenvalue weighted by atomic mass is 9.64. The van der Waals surface area contributed by atoms with E-state index in [2.05, 4.69) is 6.58 Å². The molecule has 1 heterocycles. The molecule has 27 heavy (non-hydrogen) atoms. The molecule has 0 aromatic heterocycles. The fourth-order valence-corrected chi connectivity index (χ4v) is 5.23. The Morgan fingerprint density at radius 2 is 2.00 bits per heavy atom. The number of Topliss-reactive ketones (excluding diaryl/α,β-unsaturated/α-hetero) is 1. The van der Waals surface area contributed by atoms with Gasteiger partial charge in [-0.25, -0.2) is 4.79 Å². The fourth-order valence-electron chi connectivity index (χ4n) is 5.23. The van der Waals surface area contributed by atoms with Crippen molar-refractivity contribution < 1.29 is 34.4 Å². The van der Waals surface area contributed by atoms with Crippen LogP contribution in [0.3, 0.4) is 0 Å². The van der Waals surface area contributed by atoms with Crippen molar-refractivity contribution in [3.63, 3.8) is 0 Å². The molecule has 152 valence electrons. The first-order valence-electron chi connectivity index (χ1n) is 9.48. The van der Waals surface area contributed by atoms with Crippen LogP contribution in [0.4, 0.5) is 0 Å². The van der Waals surface area contributed by atoms with Gasteiger partial charge in [0.05, 0.1) is 6.61 Å². The number of hydrogen-bond acceptors (Lipinski definition) is 7. The molecule has 1 aliphatic heterocycles. The zero-order valence-electron chi connectivity index (χ0n) is 16.6. The topological polar surface area (TPSA) is 117 Å². The van der Waals surface area contributed by atoms with Crippen LogP contribution in [-0.2, 0) is 19.1 Å². The third kappa shape index (κ3) is 2.41. The quantitative estimate of drug-likeness (QED) is 0.362. The summed E-state index contributed by atoms with van der Waals surface area (Å²) >= 11 is 0. The second-order valence-electron chi connectivity index (χ2n) is 9.31. The largest absolute Gasteiger partial charge is 0.457 e. The first kappa shape index (κ1) is 20.5. The van der Waals surface area contributed by atoms with E-state index in [4.69, 9.17) is 9.47 Å². The van der Waals surface area contributed by atoms with E-state index in [9.17, 15) is 24.9 Å². The van der Waals surface area contributed by atoms with Gasteiger partial charge in [-0.15, -0.1) is 0 Å². The molecule has 0 bridgehead atoms. The molecule has 1 spiro atoms. The molecule has 3 rings (SSSR count). The smallest absolute Gasteiger partial charge is 0.335 e. The molecule has 0 amide bonds. The van der Waals surface area contributed by atoms with Crippen LogP contribution in [0.15, 0.2) is 12.2 Å². The summed E-state index contributed by atoms with van der Waals surface area (Å²) in [7, 11) is 0. The maximum atomic E-state index is 13.0. The molecule has 2 aliphatic carbocycles. The highest BCUT2D eigenvalue weighted by atomic mass is 16.7. The van der Waals surface area contributed by atoms with E-state index in [0.29, 0.717) is 6.42 Å². The Bertz CT molecular complexity index is 684. The van der Waals surface area contributed by atoms with Crippen molar-refractivity contribution in [3.8, 4) is 0 Å². The van der Waals surface area contributed by atoms with Gasteiger partial charge in [-0.2, -0.15) is 0 Å². The summed E-state index contributed by atoms with van der Waals surface area (Å²) in [5.74, 6) is -2.27. The minimum Gasteiger partial charge on any atom is -0.457 e. The number of hydrogen-bond donors (Lipinski definition) is 3. The van der Waals surface area contributed by atoms with Crippen molar-refractivity contribution >= 4 is 11.8 Å². The van der Waals surface area contributed by atoms with Gasteiger partial charge in [-0.1, -0.05) is 41.2 Å². The molecule has 0 unspecified atom stereocenters. The number of esters is 1.